The summed E-state index contributed by atoms with van der Waals surface area (Å²) in [7, 11) is 0. The van der Waals surface area contributed by atoms with Crippen molar-refractivity contribution in [2.75, 3.05) is 32.7 Å². The molecule has 1 atom stereocenters. The van der Waals surface area contributed by atoms with E-state index in [9.17, 15) is 0 Å². The van der Waals surface area contributed by atoms with Crippen LogP contribution in [-0.2, 0) is 6.42 Å². The molecule has 0 spiro atoms. The van der Waals surface area contributed by atoms with E-state index in [-0.39, 0.29) is 0 Å². The van der Waals surface area contributed by atoms with Crippen LogP contribution in [0.15, 0.2) is 24.3 Å². The third kappa shape index (κ3) is 4.46. The standard InChI is InChI=1S/C23H36N2/c1-2-12-22(13-3-1)25-18-16-24(17-19-25)15-7-11-21-10-6-9-20-8-4-5-14-23(20)21/h4-5,8,14,21-22H,1-3,6-7,9-13,15-19H2. The molecule has 0 aromatic heterocycles. The van der Waals surface area contributed by atoms with Crippen molar-refractivity contribution in [2.24, 2.45) is 0 Å². The Kier molecular flexibility index (Phi) is 6.10. The number of rotatable bonds is 5. The molecular formula is C23H36N2. The van der Waals surface area contributed by atoms with E-state index in [2.05, 4.69) is 34.1 Å². The van der Waals surface area contributed by atoms with Crippen LogP contribution in [0, 0.1) is 0 Å². The minimum Gasteiger partial charge on any atom is -0.301 e. The maximum absolute atomic E-state index is 2.80. The highest BCUT2D eigenvalue weighted by Gasteiger charge is 2.25. The number of benzene rings is 1. The number of hydrogen-bond acceptors (Lipinski definition) is 2. The van der Waals surface area contributed by atoms with E-state index in [0.717, 1.165) is 12.0 Å². The highest BCUT2D eigenvalue weighted by atomic mass is 15.3. The van der Waals surface area contributed by atoms with Crippen LogP contribution in [0.1, 0.15) is 74.8 Å². The Bertz CT molecular complexity index is 527. The zero-order valence-corrected chi connectivity index (χ0v) is 16.0. The average molecular weight is 341 g/mol. The molecule has 0 N–H and O–H groups in total. The number of piperazine rings is 1. The Morgan fingerprint density at radius 3 is 2.48 bits per heavy atom. The van der Waals surface area contributed by atoms with Crippen molar-refractivity contribution in [1.29, 1.82) is 0 Å². The van der Waals surface area contributed by atoms with E-state index < -0.39 is 0 Å². The first-order valence-electron chi connectivity index (χ1n) is 10.9. The number of hydrogen-bond donors (Lipinski definition) is 0. The van der Waals surface area contributed by atoms with Crippen LogP contribution < -0.4 is 0 Å². The summed E-state index contributed by atoms with van der Waals surface area (Å²) in [5.74, 6) is 0.827. The average Bonchev–Trinajstić information content (AvgIpc) is 2.69. The molecule has 1 aromatic carbocycles. The zero-order valence-electron chi connectivity index (χ0n) is 16.0. The maximum Gasteiger partial charge on any atom is 0.0113 e. The molecule has 4 rings (SSSR count). The molecule has 2 fully saturated rings. The lowest BCUT2D eigenvalue weighted by Crippen LogP contribution is -2.50. The van der Waals surface area contributed by atoms with Gasteiger partial charge in [-0.15, -0.1) is 0 Å². The highest BCUT2D eigenvalue weighted by molar-refractivity contribution is 5.32. The molecule has 2 nitrogen and oxygen atoms in total. The number of aryl methyl sites for hydroxylation is 1. The second kappa shape index (κ2) is 8.68. The van der Waals surface area contributed by atoms with Gasteiger partial charge in [0.1, 0.15) is 0 Å². The maximum atomic E-state index is 2.80. The molecule has 3 aliphatic rings. The molecule has 0 amide bonds. The van der Waals surface area contributed by atoms with Gasteiger partial charge in [0.25, 0.3) is 0 Å². The van der Waals surface area contributed by atoms with Crippen molar-refractivity contribution in [3.63, 3.8) is 0 Å². The van der Waals surface area contributed by atoms with Gasteiger partial charge in [-0.05, 0) is 68.5 Å². The SMILES string of the molecule is c1ccc2c(c1)CCCC2CCCN1CCN(C2CCCCC2)CC1. The molecule has 0 radical (unpaired) electrons. The van der Waals surface area contributed by atoms with Gasteiger partial charge in [-0.25, -0.2) is 0 Å². The summed E-state index contributed by atoms with van der Waals surface area (Å²) in [6.07, 6.45) is 14.2. The lowest BCUT2D eigenvalue weighted by atomic mass is 9.80. The first-order valence-corrected chi connectivity index (χ1v) is 10.9. The summed E-state index contributed by atoms with van der Waals surface area (Å²) in [4.78, 5) is 5.53. The third-order valence-corrected chi connectivity index (χ3v) is 7.02. The number of fused-ring (bicyclic) bond motifs is 1. The molecule has 1 aromatic rings. The molecule has 1 saturated carbocycles. The smallest absolute Gasteiger partial charge is 0.0113 e. The van der Waals surface area contributed by atoms with E-state index in [1.807, 2.05) is 0 Å². The molecular weight excluding hydrogens is 304 g/mol. The molecule has 1 aliphatic heterocycles. The Hall–Kier alpha value is -0.860. The molecule has 1 heterocycles. The van der Waals surface area contributed by atoms with Gasteiger partial charge in [-0.1, -0.05) is 43.5 Å². The van der Waals surface area contributed by atoms with Crippen LogP contribution in [0.3, 0.4) is 0 Å². The minimum atomic E-state index is 0.827. The van der Waals surface area contributed by atoms with Crippen LogP contribution in [-0.4, -0.2) is 48.6 Å². The van der Waals surface area contributed by atoms with Gasteiger partial charge >= 0.3 is 0 Å². The predicted octanol–water partition coefficient (Wildman–Crippen LogP) is 4.84. The summed E-state index contributed by atoms with van der Waals surface area (Å²) in [5, 5.41) is 0. The van der Waals surface area contributed by atoms with Crippen molar-refractivity contribution in [2.45, 2.75) is 76.2 Å². The van der Waals surface area contributed by atoms with E-state index in [4.69, 9.17) is 0 Å². The Balaban J connectivity index is 1.19. The summed E-state index contributed by atoms with van der Waals surface area (Å²) in [5.41, 5.74) is 3.29. The summed E-state index contributed by atoms with van der Waals surface area (Å²) in [6, 6.07) is 10.1. The van der Waals surface area contributed by atoms with Gasteiger partial charge in [0, 0.05) is 32.2 Å². The number of nitrogens with zero attached hydrogens (tertiary/aromatic N) is 2. The minimum absolute atomic E-state index is 0.827. The second-order valence-corrected chi connectivity index (χ2v) is 8.60. The van der Waals surface area contributed by atoms with E-state index in [1.54, 1.807) is 11.1 Å². The van der Waals surface area contributed by atoms with Gasteiger partial charge < -0.3 is 4.90 Å². The molecule has 1 saturated heterocycles. The molecule has 2 aliphatic carbocycles. The highest BCUT2D eigenvalue weighted by Crippen LogP contribution is 2.34. The van der Waals surface area contributed by atoms with E-state index >= 15 is 0 Å². The van der Waals surface area contributed by atoms with Crippen molar-refractivity contribution >= 4 is 0 Å². The summed E-state index contributed by atoms with van der Waals surface area (Å²) >= 11 is 0. The second-order valence-electron chi connectivity index (χ2n) is 8.60. The zero-order chi connectivity index (χ0) is 16.9. The molecule has 1 unspecified atom stereocenters. The molecule has 0 bridgehead atoms. The van der Waals surface area contributed by atoms with Crippen molar-refractivity contribution in [3.8, 4) is 0 Å². The first-order chi connectivity index (χ1) is 12.4. The fraction of sp³-hybridized carbons (Fsp3) is 0.739. The third-order valence-electron chi connectivity index (χ3n) is 7.02. The normalized spacial score (nSPS) is 26.5. The fourth-order valence-electron chi connectivity index (χ4n) is 5.51. The topological polar surface area (TPSA) is 6.48 Å². The van der Waals surface area contributed by atoms with E-state index in [1.165, 1.54) is 96.9 Å². The van der Waals surface area contributed by atoms with Gasteiger partial charge in [0.05, 0.1) is 0 Å². The largest absolute Gasteiger partial charge is 0.301 e. The van der Waals surface area contributed by atoms with Crippen LogP contribution in [0.25, 0.3) is 0 Å². The van der Waals surface area contributed by atoms with Crippen LogP contribution in [0.2, 0.25) is 0 Å². The summed E-state index contributed by atoms with van der Waals surface area (Å²) in [6.45, 7) is 6.56. The van der Waals surface area contributed by atoms with Crippen molar-refractivity contribution in [1.82, 2.24) is 9.80 Å². The monoisotopic (exact) mass is 340 g/mol. The molecule has 25 heavy (non-hydrogen) atoms. The van der Waals surface area contributed by atoms with Crippen molar-refractivity contribution < 1.29 is 0 Å². The quantitative estimate of drug-likeness (QED) is 0.757. The lowest BCUT2D eigenvalue weighted by Gasteiger charge is -2.41. The molecule has 2 heteroatoms. The fourth-order valence-corrected chi connectivity index (χ4v) is 5.51. The predicted molar refractivity (Wildman–Crippen MR) is 106 cm³/mol. The van der Waals surface area contributed by atoms with Crippen LogP contribution >= 0.6 is 0 Å². The first kappa shape index (κ1) is 17.5. The summed E-state index contributed by atoms with van der Waals surface area (Å²) < 4.78 is 0. The Morgan fingerprint density at radius 1 is 0.840 bits per heavy atom. The molecule has 138 valence electrons. The Morgan fingerprint density at radius 2 is 1.64 bits per heavy atom. The Labute approximate surface area is 154 Å². The van der Waals surface area contributed by atoms with E-state index in [0.29, 0.717) is 0 Å². The van der Waals surface area contributed by atoms with Gasteiger partial charge in [0.2, 0.25) is 0 Å². The van der Waals surface area contributed by atoms with Crippen LogP contribution in [0.5, 0.6) is 0 Å². The van der Waals surface area contributed by atoms with Gasteiger partial charge in [-0.3, -0.25) is 4.90 Å². The van der Waals surface area contributed by atoms with Crippen molar-refractivity contribution in [3.05, 3.63) is 35.4 Å². The van der Waals surface area contributed by atoms with Gasteiger partial charge in [0.15, 0.2) is 0 Å². The van der Waals surface area contributed by atoms with Gasteiger partial charge in [-0.2, -0.15) is 0 Å². The van der Waals surface area contributed by atoms with Crippen LogP contribution in [0.4, 0.5) is 0 Å². The lowest BCUT2D eigenvalue weighted by molar-refractivity contribution is 0.0779.